The first-order valence-electron chi connectivity index (χ1n) is 11.3. The Bertz CT molecular complexity index is 1500. The van der Waals surface area contributed by atoms with Crippen LogP contribution in [0.15, 0.2) is 84.9 Å². The molecular weight excluding hydrogens is 488 g/mol. The molecule has 0 aliphatic carbocycles. The zero-order valence-corrected chi connectivity index (χ0v) is 21.2. The van der Waals surface area contributed by atoms with Crippen molar-refractivity contribution >= 4 is 64.7 Å². The second kappa shape index (κ2) is 9.49. The molecule has 0 aliphatic rings. The molecule has 2 heterocycles. The van der Waals surface area contributed by atoms with Crippen molar-refractivity contribution in [2.45, 2.75) is 0 Å². The van der Waals surface area contributed by atoms with Crippen LogP contribution in [0.25, 0.3) is 31.6 Å². The molecule has 0 atom stereocenters. The van der Waals surface area contributed by atoms with Crippen LogP contribution in [0.1, 0.15) is 0 Å². The number of fused-ring (bicyclic) bond motifs is 2. The number of hydrogen-bond donors (Lipinski definition) is 2. The number of anilines is 4. The van der Waals surface area contributed by atoms with E-state index in [4.69, 9.17) is 9.47 Å². The van der Waals surface area contributed by atoms with Crippen LogP contribution in [0.2, 0.25) is 0 Å². The van der Waals surface area contributed by atoms with E-state index < -0.39 is 0 Å². The van der Waals surface area contributed by atoms with Gasteiger partial charge in [-0.15, -0.1) is 0 Å². The predicted octanol–water partition coefficient (Wildman–Crippen LogP) is 8.08. The number of aromatic nitrogens is 2. The van der Waals surface area contributed by atoms with Crippen LogP contribution in [-0.4, -0.2) is 24.2 Å². The van der Waals surface area contributed by atoms with E-state index in [1.165, 1.54) is 0 Å². The van der Waals surface area contributed by atoms with Gasteiger partial charge < -0.3 is 20.1 Å². The number of hydrogen-bond acceptors (Lipinski definition) is 8. The number of benzene rings is 4. The largest absolute Gasteiger partial charge is 0.495 e. The summed E-state index contributed by atoms with van der Waals surface area (Å²) in [5.74, 6) is 1.48. The first-order chi connectivity index (χ1) is 17.7. The minimum Gasteiger partial charge on any atom is -0.495 e. The zero-order valence-electron chi connectivity index (χ0n) is 19.6. The number of para-hydroxylation sites is 2. The third-order valence-corrected chi connectivity index (χ3v) is 7.71. The van der Waals surface area contributed by atoms with Gasteiger partial charge in [0.05, 0.1) is 46.0 Å². The van der Waals surface area contributed by atoms with Crippen molar-refractivity contribution in [3.63, 3.8) is 0 Å². The maximum absolute atomic E-state index is 5.71. The molecule has 2 N–H and O–H groups in total. The number of nitrogens with zero attached hydrogens (tertiary/aromatic N) is 2. The highest BCUT2D eigenvalue weighted by molar-refractivity contribution is 7.22. The summed E-state index contributed by atoms with van der Waals surface area (Å²) in [5.41, 5.74) is 5.72. The average molecular weight is 511 g/mol. The maximum Gasteiger partial charge on any atom is 0.188 e. The van der Waals surface area contributed by atoms with E-state index in [1.807, 2.05) is 60.7 Å². The lowest BCUT2D eigenvalue weighted by atomic mass is 10.0. The van der Waals surface area contributed by atoms with Crippen molar-refractivity contribution in [1.82, 2.24) is 9.97 Å². The van der Waals surface area contributed by atoms with Crippen LogP contribution in [0.4, 0.5) is 21.6 Å². The normalized spacial score (nSPS) is 11.1. The van der Waals surface area contributed by atoms with Gasteiger partial charge in [0.2, 0.25) is 0 Å². The van der Waals surface area contributed by atoms with Crippen LogP contribution >= 0.6 is 22.7 Å². The van der Waals surface area contributed by atoms with Crippen LogP contribution < -0.4 is 20.1 Å². The van der Waals surface area contributed by atoms with Crippen LogP contribution in [0.3, 0.4) is 0 Å². The van der Waals surface area contributed by atoms with Crippen molar-refractivity contribution in [2.24, 2.45) is 0 Å². The molecule has 0 saturated heterocycles. The SMILES string of the molecule is COc1cc(-c2ccc(Nc3nc4ccccc4s3)c(OC)c2)ccc1Nc1nc2ccccc2s1. The minimum absolute atomic E-state index is 0.738. The van der Waals surface area contributed by atoms with E-state index in [0.717, 1.165) is 64.7 Å². The highest BCUT2D eigenvalue weighted by Crippen LogP contribution is 2.38. The fraction of sp³-hybridized carbons (Fsp3) is 0.0714. The quantitative estimate of drug-likeness (QED) is 0.226. The van der Waals surface area contributed by atoms with E-state index >= 15 is 0 Å². The van der Waals surface area contributed by atoms with E-state index in [0.29, 0.717) is 0 Å². The second-order valence-corrected chi connectivity index (χ2v) is 10.1. The molecule has 0 radical (unpaired) electrons. The first kappa shape index (κ1) is 22.3. The van der Waals surface area contributed by atoms with Gasteiger partial charge in [0.15, 0.2) is 10.3 Å². The summed E-state index contributed by atoms with van der Waals surface area (Å²) in [6, 6.07) is 28.4. The van der Waals surface area contributed by atoms with E-state index in [9.17, 15) is 0 Å². The van der Waals surface area contributed by atoms with Gasteiger partial charge in [-0.1, -0.05) is 59.1 Å². The smallest absolute Gasteiger partial charge is 0.188 e. The summed E-state index contributed by atoms with van der Waals surface area (Å²) >= 11 is 3.23. The van der Waals surface area contributed by atoms with E-state index in [-0.39, 0.29) is 0 Å². The summed E-state index contributed by atoms with van der Waals surface area (Å²) in [6.07, 6.45) is 0. The van der Waals surface area contributed by atoms with Crippen LogP contribution in [-0.2, 0) is 0 Å². The maximum atomic E-state index is 5.71. The monoisotopic (exact) mass is 510 g/mol. The Morgan fingerprint density at radius 1 is 0.583 bits per heavy atom. The van der Waals surface area contributed by atoms with Crippen LogP contribution in [0, 0.1) is 0 Å². The minimum atomic E-state index is 0.738. The van der Waals surface area contributed by atoms with Crippen molar-refractivity contribution in [3.8, 4) is 22.6 Å². The fourth-order valence-corrected chi connectivity index (χ4v) is 5.79. The third kappa shape index (κ3) is 4.32. The Hall–Kier alpha value is -4.14. The Kier molecular flexibility index (Phi) is 5.88. The molecule has 2 aromatic heterocycles. The molecule has 0 bridgehead atoms. The molecule has 0 fully saturated rings. The Morgan fingerprint density at radius 3 is 1.44 bits per heavy atom. The second-order valence-electron chi connectivity index (χ2n) is 8.05. The number of nitrogens with one attached hydrogen (secondary N) is 2. The summed E-state index contributed by atoms with van der Waals surface area (Å²) in [6.45, 7) is 0. The van der Waals surface area contributed by atoms with Gasteiger partial charge in [-0.25, -0.2) is 9.97 Å². The molecule has 4 aromatic carbocycles. The third-order valence-electron chi connectivity index (χ3n) is 5.81. The molecule has 36 heavy (non-hydrogen) atoms. The highest BCUT2D eigenvalue weighted by atomic mass is 32.1. The predicted molar refractivity (Wildman–Crippen MR) is 151 cm³/mol. The molecule has 6 nitrogen and oxygen atoms in total. The molecule has 0 saturated carbocycles. The van der Waals surface area contributed by atoms with E-state index in [2.05, 4.69) is 44.9 Å². The van der Waals surface area contributed by atoms with Crippen molar-refractivity contribution in [2.75, 3.05) is 24.9 Å². The Balaban J connectivity index is 1.27. The molecule has 6 rings (SSSR count). The lowest BCUT2D eigenvalue weighted by molar-refractivity contribution is 0.416. The summed E-state index contributed by atoms with van der Waals surface area (Å²) in [4.78, 5) is 9.34. The lowest BCUT2D eigenvalue weighted by Gasteiger charge is -2.14. The summed E-state index contributed by atoms with van der Waals surface area (Å²) in [7, 11) is 3.35. The molecular formula is C28H22N4O2S2. The number of rotatable bonds is 7. The average Bonchev–Trinajstić information content (AvgIpc) is 3.52. The fourth-order valence-electron chi connectivity index (χ4n) is 4.03. The standard InChI is InChI=1S/C28H22N4O2S2/c1-33-23-15-17(11-13-19(23)29-27-31-21-7-3-5-9-25(21)35-27)18-12-14-20(24(16-18)34-2)30-28-32-22-8-4-6-10-26(22)36-28/h3-16H,1-2H3,(H,29,31)(H,30,32). The Labute approximate surface area is 216 Å². The van der Waals surface area contributed by atoms with Gasteiger partial charge in [-0.3, -0.25) is 0 Å². The molecule has 178 valence electrons. The molecule has 0 spiro atoms. The summed E-state index contributed by atoms with van der Waals surface area (Å²) in [5, 5.41) is 8.46. The van der Waals surface area contributed by atoms with Gasteiger partial charge >= 0.3 is 0 Å². The molecule has 0 amide bonds. The van der Waals surface area contributed by atoms with Gasteiger partial charge in [-0.05, 0) is 59.7 Å². The van der Waals surface area contributed by atoms with Gasteiger partial charge in [0, 0.05) is 0 Å². The Morgan fingerprint density at radius 2 is 1.03 bits per heavy atom. The highest BCUT2D eigenvalue weighted by Gasteiger charge is 2.12. The van der Waals surface area contributed by atoms with E-state index in [1.54, 1.807) is 36.9 Å². The number of methoxy groups -OCH3 is 2. The summed E-state index contributed by atoms with van der Waals surface area (Å²) < 4.78 is 13.7. The van der Waals surface area contributed by atoms with Crippen molar-refractivity contribution in [3.05, 3.63) is 84.9 Å². The number of ether oxygens (including phenoxy) is 2. The topological polar surface area (TPSA) is 68.3 Å². The van der Waals surface area contributed by atoms with Gasteiger partial charge in [0.25, 0.3) is 0 Å². The molecule has 0 aliphatic heterocycles. The van der Waals surface area contributed by atoms with Gasteiger partial charge in [0.1, 0.15) is 11.5 Å². The molecule has 8 heteroatoms. The van der Waals surface area contributed by atoms with Crippen molar-refractivity contribution < 1.29 is 9.47 Å². The van der Waals surface area contributed by atoms with Crippen LogP contribution in [0.5, 0.6) is 11.5 Å². The lowest BCUT2D eigenvalue weighted by Crippen LogP contribution is -1.96. The first-order valence-corrected chi connectivity index (χ1v) is 12.9. The van der Waals surface area contributed by atoms with Gasteiger partial charge in [-0.2, -0.15) is 0 Å². The molecule has 0 unspecified atom stereocenters. The zero-order chi connectivity index (χ0) is 24.5. The van der Waals surface area contributed by atoms with Crippen molar-refractivity contribution in [1.29, 1.82) is 0 Å². The molecule has 6 aromatic rings. The number of thiazole rings is 2.